The van der Waals surface area contributed by atoms with Crippen molar-refractivity contribution in [3.05, 3.63) is 58.4 Å². The summed E-state index contributed by atoms with van der Waals surface area (Å²) >= 11 is 1.45. The van der Waals surface area contributed by atoms with Gasteiger partial charge in [0.05, 0.1) is 20.9 Å². The van der Waals surface area contributed by atoms with Crippen LogP contribution < -0.4 is 4.80 Å². The van der Waals surface area contributed by atoms with Gasteiger partial charge in [-0.3, -0.25) is 4.79 Å². The van der Waals surface area contributed by atoms with Crippen LogP contribution in [0.1, 0.15) is 17.5 Å². The highest BCUT2D eigenvalue weighted by Crippen LogP contribution is 2.24. The summed E-state index contributed by atoms with van der Waals surface area (Å²) in [5, 5.41) is 0. The van der Waals surface area contributed by atoms with Crippen LogP contribution in [-0.4, -0.2) is 24.6 Å². The zero-order chi connectivity index (χ0) is 18.9. The summed E-state index contributed by atoms with van der Waals surface area (Å²) in [5.74, 6) is -0.673. The first-order valence-electron chi connectivity index (χ1n) is 8.21. The minimum absolute atomic E-state index is 0.135. The molecule has 0 aliphatic rings. The van der Waals surface area contributed by atoms with E-state index in [2.05, 4.69) is 4.99 Å². The molecular weight excluding hydrogens is 368 g/mol. The Hall–Kier alpha value is -2.25. The second-order valence-electron chi connectivity index (χ2n) is 6.21. The van der Waals surface area contributed by atoms with Crippen LogP contribution in [-0.2, 0) is 21.7 Å². The van der Waals surface area contributed by atoms with Gasteiger partial charge in [-0.2, -0.15) is 4.99 Å². The van der Waals surface area contributed by atoms with Gasteiger partial charge < -0.3 is 4.57 Å². The normalized spacial score (nSPS) is 12.7. The predicted octanol–water partition coefficient (Wildman–Crippen LogP) is 3.15. The van der Waals surface area contributed by atoms with Gasteiger partial charge in [0.25, 0.3) is 0 Å². The zero-order valence-electron chi connectivity index (χ0n) is 14.9. The summed E-state index contributed by atoms with van der Waals surface area (Å²) in [5.41, 5.74) is 3.30. The van der Waals surface area contributed by atoms with Crippen molar-refractivity contribution in [3.8, 4) is 0 Å². The summed E-state index contributed by atoms with van der Waals surface area (Å²) in [6.07, 6.45) is -0.135. The van der Waals surface area contributed by atoms with Crippen LogP contribution >= 0.6 is 11.3 Å². The Bertz CT molecular complexity index is 1140. The summed E-state index contributed by atoms with van der Waals surface area (Å²) in [4.78, 5) is 17.2. The molecule has 136 valence electrons. The molecule has 2 aromatic carbocycles. The molecule has 0 saturated heterocycles. The molecule has 0 radical (unpaired) electrons. The first-order valence-corrected chi connectivity index (χ1v) is 10.7. The number of hydrogen-bond acceptors (Lipinski definition) is 4. The van der Waals surface area contributed by atoms with Gasteiger partial charge in [0.2, 0.25) is 5.91 Å². The number of benzene rings is 2. The second-order valence-corrected chi connectivity index (χ2v) is 9.29. The first-order chi connectivity index (χ1) is 12.3. The number of fused-ring (bicyclic) bond motifs is 1. The van der Waals surface area contributed by atoms with Crippen LogP contribution in [0.5, 0.6) is 0 Å². The van der Waals surface area contributed by atoms with E-state index in [1.54, 1.807) is 18.2 Å². The lowest BCUT2D eigenvalue weighted by atomic mass is 10.1. The maximum absolute atomic E-state index is 12.3. The molecule has 1 aromatic heterocycles. The average Bonchev–Trinajstić information content (AvgIpc) is 2.95. The molecule has 1 amide bonds. The highest BCUT2D eigenvalue weighted by Gasteiger charge is 2.16. The topological polar surface area (TPSA) is 68.5 Å². The Labute approximate surface area is 156 Å². The molecule has 3 aromatic rings. The summed E-state index contributed by atoms with van der Waals surface area (Å²) in [7, 11) is -1.61. The number of nitrogens with zero attached hydrogens (tertiary/aromatic N) is 2. The van der Waals surface area contributed by atoms with Gasteiger partial charge in [-0.1, -0.05) is 41.7 Å². The maximum atomic E-state index is 12.3. The molecule has 0 aliphatic carbocycles. The number of amides is 1. The van der Waals surface area contributed by atoms with Gasteiger partial charge >= 0.3 is 0 Å². The van der Waals surface area contributed by atoms with Crippen LogP contribution in [0.25, 0.3) is 10.2 Å². The van der Waals surface area contributed by atoms with E-state index in [0.29, 0.717) is 4.80 Å². The lowest BCUT2D eigenvalue weighted by molar-refractivity contribution is -0.117. The SMILES string of the molecule is Cc1ccc(C)c2c1sc(=NC(=O)CCS(=O)(=O)c1ccccc1)n2C. The lowest BCUT2D eigenvalue weighted by Gasteiger charge is -2.02. The smallest absolute Gasteiger partial charge is 0.249 e. The molecule has 3 rings (SSSR count). The van der Waals surface area contributed by atoms with Gasteiger partial charge in [0.15, 0.2) is 14.6 Å². The summed E-state index contributed by atoms with van der Waals surface area (Å²) in [6.45, 7) is 4.04. The van der Waals surface area contributed by atoms with Crippen LogP contribution in [0.15, 0.2) is 52.4 Å². The molecule has 0 N–H and O–H groups in total. The zero-order valence-corrected chi connectivity index (χ0v) is 16.5. The predicted molar refractivity (Wildman–Crippen MR) is 104 cm³/mol. The largest absolute Gasteiger partial charge is 0.319 e. The van der Waals surface area contributed by atoms with Gasteiger partial charge in [0, 0.05) is 13.5 Å². The molecule has 0 spiro atoms. The monoisotopic (exact) mass is 388 g/mol. The lowest BCUT2D eigenvalue weighted by Crippen LogP contribution is -2.16. The van der Waals surface area contributed by atoms with Crippen LogP contribution in [0.4, 0.5) is 0 Å². The van der Waals surface area contributed by atoms with E-state index in [-0.39, 0.29) is 17.1 Å². The van der Waals surface area contributed by atoms with Crippen LogP contribution in [0.2, 0.25) is 0 Å². The molecular formula is C19H20N2O3S2. The van der Waals surface area contributed by atoms with E-state index >= 15 is 0 Å². The van der Waals surface area contributed by atoms with E-state index in [1.807, 2.05) is 37.6 Å². The fourth-order valence-corrected chi connectivity index (χ4v) is 5.23. The third kappa shape index (κ3) is 3.64. The number of thiazole rings is 1. The average molecular weight is 389 g/mol. The van der Waals surface area contributed by atoms with E-state index < -0.39 is 15.7 Å². The number of sulfone groups is 1. The van der Waals surface area contributed by atoms with Crippen molar-refractivity contribution in [1.29, 1.82) is 0 Å². The van der Waals surface area contributed by atoms with E-state index in [1.165, 1.54) is 23.5 Å². The van der Waals surface area contributed by atoms with Crippen molar-refractivity contribution in [2.45, 2.75) is 25.2 Å². The van der Waals surface area contributed by atoms with Crippen molar-refractivity contribution < 1.29 is 13.2 Å². The van der Waals surface area contributed by atoms with Gasteiger partial charge in [-0.15, -0.1) is 0 Å². The van der Waals surface area contributed by atoms with Gasteiger partial charge in [-0.25, -0.2) is 8.42 Å². The standard InChI is InChI=1S/C19H20N2O3S2/c1-13-9-10-14(2)18-17(13)21(3)19(25-18)20-16(22)11-12-26(23,24)15-7-5-4-6-8-15/h4-10H,11-12H2,1-3H3. The van der Waals surface area contributed by atoms with Gasteiger partial charge in [0.1, 0.15) is 0 Å². The van der Waals surface area contributed by atoms with Crippen molar-refractivity contribution in [1.82, 2.24) is 4.57 Å². The molecule has 0 atom stereocenters. The first kappa shape index (κ1) is 18.5. The minimum atomic E-state index is -3.48. The molecule has 0 saturated carbocycles. The molecule has 0 bridgehead atoms. The number of aromatic nitrogens is 1. The Morgan fingerprint density at radius 3 is 2.38 bits per heavy atom. The Kier molecular flexibility index (Phi) is 5.11. The summed E-state index contributed by atoms with van der Waals surface area (Å²) < 4.78 is 27.6. The molecule has 0 aliphatic heterocycles. The van der Waals surface area contributed by atoms with Crippen LogP contribution in [0, 0.1) is 13.8 Å². The quantitative estimate of drug-likeness (QED) is 0.689. The number of rotatable bonds is 4. The van der Waals surface area contributed by atoms with Crippen molar-refractivity contribution in [2.75, 3.05) is 5.75 Å². The Morgan fingerprint density at radius 1 is 1.08 bits per heavy atom. The van der Waals surface area contributed by atoms with Gasteiger partial charge in [-0.05, 0) is 37.1 Å². The highest BCUT2D eigenvalue weighted by atomic mass is 32.2. The van der Waals surface area contributed by atoms with Crippen molar-refractivity contribution >= 4 is 37.3 Å². The number of hydrogen-bond donors (Lipinski definition) is 0. The van der Waals surface area contributed by atoms with Crippen LogP contribution in [0.3, 0.4) is 0 Å². The third-order valence-corrected chi connectivity index (χ3v) is 7.25. The van der Waals surface area contributed by atoms with E-state index in [4.69, 9.17) is 0 Å². The number of carbonyl (C=O) groups is 1. The van der Waals surface area contributed by atoms with Crippen molar-refractivity contribution in [3.63, 3.8) is 0 Å². The maximum Gasteiger partial charge on any atom is 0.249 e. The Balaban J connectivity index is 1.86. The summed E-state index contributed by atoms with van der Waals surface area (Å²) in [6, 6.07) is 12.3. The molecule has 26 heavy (non-hydrogen) atoms. The second kappa shape index (κ2) is 7.17. The van der Waals surface area contributed by atoms with E-state index in [0.717, 1.165) is 21.3 Å². The Morgan fingerprint density at radius 2 is 1.73 bits per heavy atom. The minimum Gasteiger partial charge on any atom is -0.319 e. The highest BCUT2D eigenvalue weighted by molar-refractivity contribution is 7.91. The van der Waals surface area contributed by atoms with E-state index in [9.17, 15) is 13.2 Å². The number of carbonyl (C=O) groups excluding carboxylic acids is 1. The molecule has 0 unspecified atom stereocenters. The fraction of sp³-hybridized carbons (Fsp3) is 0.263. The molecule has 5 nitrogen and oxygen atoms in total. The molecule has 7 heteroatoms. The molecule has 0 fully saturated rings. The fourth-order valence-electron chi connectivity index (χ4n) is 2.80. The third-order valence-electron chi connectivity index (χ3n) is 4.25. The van der Waals surface area contributed by atoms with Crippen molar-refractivity contribution in [2.24, 2.45) is 12.0 Å². The molecule has 1 heterocycles. The number of aryl methyl sites for hydroxylation is 3.